The highest BCUT2D eigenvalue weighted by molar-refractivity contribution is 4.92. The minimum absolute atomic E-state index is 0.302. The Morgan fingerprint density at radius 2 is 2.13 bits per heavy atom. The third-order valence-electron chi connectivity index (χ3n) is 2.37. The number of hydrogen-bond acceptors (Lipinski definition) is 4. The second-order valence-corrected chi connectivity index (χ2v) is 3.55. The molecule has 0 spiro atoms. The van der Waals surface area contributed by atoms with Crippen LogP contribution in [0.1, 0.15) is 31.9 Å². The molecule has 86 valence electrons. The second kappa shape index (κ2) is 5.82. The maximum atomic E-state index is 9.36. The molecule has 1 aromatic rings. The first-order valence-electron chi connectivity index (χ1n) is 5.51. The fraction of sp³-hybridized carbons (Fsp3) is 0.800. The van der Waals surface area contributed by atoms with E-state index in [2.05, 4.69) is 17.0 Å². The molecule has 1 heterocycles. The summed E-state index contributed by atoms with van der Waals surface area (Å²) in [4.78, 5) is 4.39. The Balaban J connectivity index is 2.62. The number of aryl methyl sites for hydroxylation is 3. The van der Waals surface area contributed by atoms with Crippen LogP contribution in [0, 0.1) is 0 Å². The smallest absolute Gasteiger partial charge is 0.150 e. The van der Waals surface area contributed by atoms with Crippen LogP contribution in [0.15, 0.2) is 0 Å². The van der Waals surface area contributed by atoms with Crippen molar-refractivity contribution in [1.29, 1.82) is 0 Å². The molecule has 5 nitrogen and oxygen atoms in total. The molecular formula is C10H20N4O. The van der Waals surface area contributed by atoms with E-state index < -0.39 is 6.10 Å². The van der Waals surface area contributed by atoms with Gasteiger partial charge in [0, 0.05) is 25.9 Å². The zero-order chi connectivity index (χ0) is 11.3. The number of rotatable bonds is 6. The summed E-state index contributed by atoms with van der Waals surface area (Å²) in [5, 5.41) is 13.7. The van der Waals surface area contributed by atoms with Crippen molar-refractivity contribution in [2.45, 2.75) is 45.8 Å². The van der Waals surface area contributed by atoms with E-state index in [0.717, 1.165) is 24.5 Å². The predicted octanol–water partition coefficient (Wildman–Crippen LogP) is 0.113. The maximum Gasteiger partial charge on any atom is 0.150 e. The summed E-state index contributed by atoms with van der Waals surface area (Å²) >= 11 is 0. The fourth-order valence-electron chi connectivity index (χ4n) is 1.41. The summed E-state index contributed by atoms with van der Waals surface area (Å²) in [6.45, 7) is 5.08. The van der Waals surface area contributed by atoms with E-state index in [9.17, 15) is 5.11 Å². The van der Waals surface area contributed by atoms with Crippen LogP contribution in [-0.4, -0.2) is 32.5 Å². The summed E-state index contributed by atoms with van der Waals surface area (Å²) in [5.74, 6) is 1.85. The molecule has 0 fully saturated rings. The Kier molecular flexibility index (Phi) is 4.71. The molecule has 1 unspecified atom stereocenters. The molecule has 1 aromatic heterocycles. The van der Waals surface area contributed by atoms with Gasteiger partial charge >= 0.3 is 0 Å². The molecule has 0 saturated carbocycles. The SMILES string of the molecule is CCc1nc(CC)n(CCC(O)CN)n1. The van der Waals surface area contributed by atoms with Crippen LogP contribution in [0.3, 0.4) is 0 Å². The van der Waals surface area contributed by atoms with Crippen LogP contribution < -0.4 is 5.73 Å². The van der Waals surface area contributed by atoms with Gasteiger partial charge in [-0.25, -0.2) is 9.67 Å². The summed E-state index contributed by atoms with van der Waals surface area (Å²) in [6.07, 6.45) is 1.91. The minimum Gasteiger partial charge on any atom is -0.392 e. The average Bonchev–Trinajstić information content (AvgIpc) is 2.68. The standard InChI is InChI=1S/C10H20N4O/c1-3-9-12-10(4-2)14(13-9)6-5-8(15)7-11/h8,15H,3-7,11H2,1-2H3. The zero-order valence-corrected chi connectivity index (χ0v) is 9.48. The van der Waals surface area contributed by atoms with Gasteiger partial charge in [0.1, 0.15) is 5.82 Å². The van der Waals surface area contributed by atoms with Crippen molar-refractivity contribution in [3.8, 4) is 0 Å². The molecule has 3 N–H and O–H groups in total. The highest BCUT2D eigenvalue weighted by atomic mass is 16.3. The first kappa shape index (κ1) is 12.1. The van der Waals surface area contributed by atoms with Gasteiger partial charge in [-0.1, -0.05) is 13.8 Å². The molecule has 0 radical (unpaired) electrons. The molecule has 1 rings (SSSR count). The molecule has 15 heavy (non-hydrogen) atoms. The van der Waals surface area contributed by atoms with Crippen molar-refractivity contribution in [3.05, 3.63) is 11.6 Å². The summed E-state index contributed by atoms with van der Waals surface area (Å²) in [7, 11) is 0. The summed E-state index contributed by atoms with van der Waals surface area (Å²) in [5.41, 5.74) is 5.34. The lowest BCUT2D eigenvalue weighted by Gasteiger charge is -2.08. The van der Waals surface area contributed by atoms with Crippen molar-refractivity contribution in [2.24, 2.45) is 5.73 Å². The van der Waals surface area contributed by atoms with E-state index in [1.165, 1.54) is 0 Å². The Bertz CT molecular complexity index is 298. The number of aliphatic hydroxyl groups excluding tert-OH is 1. The van der Waals surface area contributed by atoms with Crippen molar-refractivity contribution >= 4 is 0 Å². The minimum atomic E-state index is -0.441. The monoisotopic (exact) mass is 212 g/mol. The first-order chi connectivity index (χ1) is 7.21. The highest BCUT2D eigenvalue weighted by Crippen LogP contribution is 2.03. The topological polar surface area (TPSA) is 77.0 Å². The van der Waals surface area contributed by atoms with Crippen molar-refractivity contribution < 1.29 is 5.11 Å². The van der Waals surface area contributed by atoms with Gasteiger partial charge in [-0.15, -0.1) is 0 Å². The fourth-order valence-corrected chi connectivity index (χ4v) is 1.41. The first-order valence-corrected chi connectivity index (χ1v) is 5.51. The van der Waals surface area contributed by atoms with Crippen LogP contribution in [0.4, 0.5) is 0 Å². The highest BCUT2D eigenvalue weighted by Gasteiger charge is 2.08. The lowest BCUT2D eigenvalue weighted by atomic mass is 10.2. The molecule has 0 aliphatic carbocycles. The van der Waals surface area contributed by atoms with Crippen LogP contribution in [0.5, 0.6) is 0 Å². The normalized spacial score (nSPS) is 13.1. The molecule has 0 bridgehead atoms. The maximum absolute atomic E-state index is 9.36. The third kappa shape index (κ3) is 3.28. The van der Waals surface area contributed by atoms with E-state index >= 15 is 0 Å². The lowest BCUT2D eigenvalue weighted by molar-refractivity contribution is 0.164. The number of aromatic nitrogens is 3. The number of nitrogens with zero attached hydrogens (tertiary/aromatic N) is 3. The summed E-state index contributed by atoms with van der Waals surface area (Å²) in [6, 6.07) is 0. The predicted molar refractivity (Wildman–Crippen MR) is 58.5 cm³/mol. The second-order valence-electron chi connectivity index (χ2n) is 3.55. The van der Waals surface area contributed by atoms with Gasteiger partial charge in [-0.05, 0) is 6.42 Å². The van der Waals surface area contributed by atoms with E-state index in [4.69, 9.17) is 5.73 Å². The van der Waals surface area contributed by atoms with E-state index in [1.54, 1.807) is 0 Å². The van der Waals surface area contributed by atoms with Crippen LogP contribution in [0.2, 0.25) is 0 Å². The molecule has 0 aliphatic heterocycles. The third-order valence-corrected chi connectivity index (χ3v) is 2.37. The van der Waals surface area contributed by atoms with Gasteiger partial charge in [0.15, 0.2) is 5.82 Å². The molecule has 0 amide bonds. The molecule has 5 heteroatoms. The molecule has 0 aromatic carbocycles. The largest absolute Gasteiger partial charge is 0.392 e. The average molecular weight is 212 g/mol. The van der Waals surface area contributed by atoms with Crippen LogP contribution in [0.25, 0.3) is 0 Å². The Morgan fingerprint density at radius 1 is 1.40 bits per heavy atom. The van der Waals surface area contributed by atoms with Crippen molar-refractivity contribution in [2.75, 3.05) is 6.54 Å². The quantitative estimate of drug-likeness (QED) is 0.702. The molecule has 0 aliphatic rings. The van der Waals surface area contributed by atoms with Crippen molar-refractivity contribution in [3.63, 3.8) is 0 Å². The summed E-state index contributed by atoms with van der Waals surface area (Å²) < 4.78 is 1.87. The van der Waals surface area contributed by atoms with Gasteiger partial charge in [0.25, 0.3) is 0 Å². The van der Waals surface area contributed by atoms with Gasteiger partial charge in [0.2, 0.25) is 0 Å². The van der Waals surface area contributed by atoms with Gasteiger partial charge < -0.3 is 10.8 Å². The van der Waals surface area contributed by atoms with E-state index in [0.29, 0.717) is 19.5 Å². The van der Waals surface area contributed by atoms with Crippen molar-refractivity contribution in [1.82, 2.24) is 14.8 Å². The lowest BCUT2D eigenvalue weighted by Crippen LogP contribution is -2.22. The Morgan fingerprint density at radius 3 is 2.67 bits per heavy atom. The van der Waals surface area contributed by atoms with E-state index in [1.807, 2.05) is 11.6 Å². The Hall–Kier alpha value is -0.940. The van der Waals surface area contributed by atoms with Gasteiger partial charge in [0.05, 0.1) is 6.10 Å². The van der Waals surface area contributed by atoms with Crippen LogP contribution in [-0.2, 0) is 19.4 Å². The van der Waals surface area contributed by atoms with Crippen LogP contribution >= 0.6 is 0 Å². The number of aliphatic hydroxyl groups is 1. The zero-order valence-electron chi connectivity index (χ0n) is 9.48. The Labute approximate surface area is 90.3 Å². The van der Waals surface area contributed by atoms with E-state index in [-0.39, 0.29) is 0 Å². The molecular weight excluding hydrogens is 192 g/mol. The van der Waals surface area contributed by atoms with Gasteiger partial charge in [-0.3, -0.25) is 0 Å². The van der Waals surface area contributed by atoms with Gasteiger partial charge in [-0.2, -0.15) is 5.10 Å². The molecule has 0 saturated heterocycles. The molecule has 1 atom stereocenters. The number of hydrogen-bond donors (Lipinski definition) is 2. The number of nitrogens with two attached hydrogens (primary N) is 1.